The maximum Gasteiger partial charge on any atom is 0.342 e. The number of hydrogen-bond acceptors (Lipinski definition) is 4. The first-order valence-corrected chi connectivity index (χ1v) is 9.43. The minimum Gasteiger partial charge on any atom is -0.508 e. The van der Waals surface area contributed by atoms with Crippen molar-refractivity contribution >= 4 is 19.2 Å². The molecule has 0 aromatic heterocycles. The fourth-order valence-electron chi connectivity index (χ4n) is 2.46. The molecule has 0 spiro atoms. The smallest absolute Gasteiger partial charge is 0.342 e. The van der Waals surface area contributed by atoms with Crippen molar-refractivity contribution in [3.63, 3.8) is 0 Å². The lowest BCUT2D eigenvalue weighted by atomic mass is 10.0. The van der Waals surface area contributed by atoms with Gasteiger partial charge in [-0.1, -0.05) is 41.9 Å². The molecule has 1 atom stereocenters. The summed E-state index contributed by atoms with van der Waals surface area (Å²) in [6.45, 7) is 3.99. The molecule has 0 bridgehead atoms. The van der Waals surface area contributed by atoms with Gasteiger partial charge in [0.25, 0.3) is 0 Å². The molecule has 23 heavy (non-hydrogen) atoms. The molecule has 0 saturated carbocycles. The first kappa shape index (κ1) is 18.0. The van der Waals surface area contributed by atoms with Crippen molar-refractivity contribution in [3.05, 3.63) is 64.7 Å². The van der Waals surface area contributed by atoms with Crippen molar-refractivity contribution in [2.24, 2.45) is 0 Å². The normalized spacial score (nSPS) is 13.0. The summed E-state index contributed by atoms with van der Waals surface area (Å²) in [6.07, 6.45) is 0. The lowest BCUT2D eigenvalue weighted by Crippen LogP contribution is -2.09. The number of hydrogen-bond donors (Lipinski definition) is 1. The van der Waals surface area contributed by atoms with Gasteiger partial charge in [-0.15, -0.1) is 0 Å². The average Bonchev–Trinajstić information content (AvgIpc) is 2.52. The van der Waals surface area contributed by atoms with Crippen molar-refractivity contribution < 1.29 is 18.7 Å². The summed E-state index contributed by atoms with van der Waals surface area (Å²) < 4.78 is 24.4. The molecule has 124 valence electrons. The Morgan fingerprint density at radius 3 is 2.26 bits per heavy atom. The Labute approximate surface area is 141 Å². The molecule has 4 nitrogen and oxygen atoms in total. The first-order valence-electron chi connectivity index (χ1n) is 7.44. The summed E-state index contributed by atoms with van der Waals surface area (Å²) in [5.41, 5.74) is 0.409. The molecule has 2 rings (SSSR count). The Hall–Kier alpha value is -1.32. The highest BCUT2D eigenvalue weighted by atomic mass is 35.5. The third kappa shape index (κ3) is 4.15. The quantitative estimate of drug-likeness (QED) is 0.676. The van der Waals surface area contributed by atoms with E-state index in [1.165, 1.54) is 6.07 Å². The third-order valence-corrected chi connectivity index (χ3v) is 6.01. The highest BCUT2D eigenvalue weighted by Gasteiger charge is 2.39. The number of phenolic OH excluding ortho intramolecular Hbond substituents is 1. The Kier molecular flexibility index (Phi) is 6.25. The van der Waals surface area contributed by atoms with E-state index in [9.17, 15) is 9.67 Å². The Morgan fingerprint density at radius 2 is 1.70 bits per heavy atom. The number of benzene rings is 2. The molecule has 0 amide bonds. The van der Waals surface area contributed by atoms with Gasteiger partial charge in [0.2, 0.25) is 0 Å². The number of phenols is 1. The van der Waals surface area contributed by atoms with Gasteiger partial charge in [-0.2, -0.15) is 0 Å². The molecule has 0 saturated heterocycles. The molecule has 0 radical (unpaired) electrons. The number of rotatable bonds is 7. The summed E-state index contributed by atoms with van der Waals surface area (Å²) >= 11 is 6.07. The van der Waals surface area contributed by atoms with Crippen LogP contribution in [-0.4, -0.2) is 18.3 Å². The van der Waals surface area contributed by atoms with E-state index in [1.807, 2.05) is 30.3 Å². The lowest BCUT2D eigenvalue weighted by molar-refractivity contribution is 0.214. The molecular formula is C17H20ClO4P. The zero-order chi connectivity index (χ0) is 16.9. The van der Waals surface area contributed by atoms with E-state index in [-0.39, 0.29) is 19.0 Å². The van der Waals surface area contributed by atoms with Crippen LogP contribution in [0.4, 0.5) is 0 Å². The second kappa shape index (κ2) is 7.98. The zero-order valence-corrected chi connectivity index (χ0v) is 14.8. The molecule has 0 fully saturated rings. The molecular weight excluding hydrogens is 335 g/mol. The molecule has 0 heterocycles. The first-order chi connectivity index (χ1) is 11.0. The molecule has 2 aromatic carbocycles. The van der Waals surface area contributed by atoms with Crippen molar-refractivity contribution in [1.82, 2.24) is 0 Å². The number of aromatic hydroxyl groups is 1. The zero-order valence-electron chi connectivity index (χ0n) is 13.1. The van der Waals surface area contributed by atoms with Gasteiger partial charge in [-0.25, -0.2) is 0 Å². The standard InChI is InChI=1S/C17H20ClO4P/c1-3-21-23(20,22-4-2)17(13-8-6-5-7-9-13)15-12-14(18)10-11-16(15)19/h5-12,17,19H,3-4H2,1-2H3. The molecule has 6 heteroatoms. The fourth-order valence-corrected chi connectivity index (χ4v) is 4.82. The van der Waals surface area contributed by atoms with Gasteiger partial charge in [-0.05, 0) is 37.6 Å². The van der Waals surface area contributed by atoms with Gasteiger partial charge >= 0.3 is 7.60 Å². The van der Waals surface area contributed by atoms with Crippen LogP contribution in [0.15, 0.2) is 48.5 Å². The van der Waals surface area contributed by atoms with Crippen molar-refractivity contribution in [2.75, 3.05) is 13.2 Å². The SMILES string of the molecule is CCOP(=O)(OCC)C(c1ccccc1)c1cc(Cl)ccc1O. The highest BCUT2D eigenvalue weighted by molar-refractivity contribution is 7.54. The summed E-state index contributed by atoms with van der Waals surface area (Å²) in [4.78, 5) is 0. The third-order valence-electron chi connectivity index (χ3n) is 3.33. The van der Waals surface area contributed by atoms with Gasteiger partial charge in [0.15, 0.2) is 0 Å². The summed E-state index contributed by atoms with van der Waals surface area (Å²) in [6, 6.07) is 13.9. The van der Waals surface area contributed by atoms with Crippen LogP contribution in [0, 0.1) is 0 Å². The summed E-state index contributed by atoms with van der Waals surface area (Å²) in [5, 5.41) is 10.7. The van der Waals surface area contributed by atoms with E-state index in [0.717, 1.165) is 5.56 Å². The van der Waals surface area contributed by atoms with Gasteiger partial charge in [0.1, 0.15) is 11.4 Å². The Balaban J connectivity index is 2.65. The number of halogens is 1. The second-order valence-electron chi connectivity index (χ2n) is 4.89. The van der Waals surface area contributed by atoms with Crippen LogP contribution in [0.3, 0.4) is 0 Å². The van der Waals surface area contributed by atoms with Crippen LogP contribution >= 0.6 is 19.2 Å². The fraction of sp³-hybridized carbons (Fsp3) is 0.294. The van der Waals surface area contributed by atoms with Crippen LogP contribution < -0.4 is 0 Å². The predicted octanol–water partition coefficient (Wildman–Crippen LogP) is 5.40. The van der Waals surface area contributed by atoms with Crippen molar-refractivity contribution in [3.8, 4) is 5.75 Å². The second-order valence-corrected chi connectivity index (χ2v) is 7.44. The van der Waals surface area contributed by atoms with E-state index in [1.54, 1.807) is 26.0 Å². The topological polar surface area (TPSA) is 55.8 Å². The average molecular weight is 355 g/mol. The van der Waals surface area contributed by atoms with E-state index in [4.69, 9.17) is 20.6 Å². The molecule has 1 unspecified atom stereocenters. The van der Waals surface area contributed by atoms with Gasteiger partial charge in [0.05, 0.1) is 13.2 Å². The van der Waals surface area contributed by atoms with Crippen LogP contribution in [0.5, 0.6) is 5.75 Å². The van der Waals surface area contributed by atoms with Crippen molar-refractivity contribution in [2.45, 2.75) is 19.5 Å². The van der Waals surface area contributed by atoms with Gasteiger partial charge in [0, 0.05) is 10.6 Å². The molecule has 0 aliphatic heterocycles. The van der Waals surface area contributed by atoms with E-state index < -0.39 is 13.3 Å². The largest absolute Gasteiger partial charge is 0.508 e. The molecule has 0 aliphatic rings. The minimum absolute atomic E-state index is 0.00267. The molecule has 0 aliphatic carbocycles. The predicted molar refractivity (Wildman–Crippen MR) is 92.3 cm³/mol. The summed E-state index contributed by atoms with van der Waals surface area (Å²) in [5.74, 6) is 0.00267. The Bertz CT molecular complexity index is 680. The van der Waals surface area contributed by atoms with Crippen molar-refractivity contribution in [1.29, 1.82) is 0 Å². The lowest BCUT2D eigenvalue weighted by Gasteiger charge is -2.27. The minimum atomic E-state index is -3.54. The van der Waals surface area contributed by atoms with Gasteiger partial charge in [-0.3, -0.25) is 4.57 Å². The monoisotopic (exact) mass is 354 g/mol. The molecule has 2 aromatic rings. The van der Waals surface area contributed by atoms with E-state index in [2.05, 4.69) is 0 Å². The molecule has 1 N–H and O–H groups in total. The van der Waals surface area contributed by atoms with Crippen LogP contribution in [0.2, 0.25) is 5.02 Å². The van der Waals surface area contributed by atoms with Crippen LogP contribution in [0.25, 0.3) is 0 Å². The van der Waals surface area contributed by atoms with E-state index >= 15 is 0 Å². The Morgan fingerprint density at radius 1 is 1.09 bits per heavy atom. The van der Waals surface area contributed by atoms with Crippen LogP contribution in [-0.2, 0) is 13.6 Å². The van der Waals surface area contributed by atoms with Gasteiger partial charge < -0.3 is 14.2 Å². The maximum absolute atomic E-state index is 13.4. The summed E-state index contributed by atoms with van der Waals surface area (Å²) in [7, 11) is -3.54. The highest BCUT2D eigenvalue weighted by Crippen LogP contribution is 2.64. The van der Waals surface area contributed by atoms with E-state index in [0.29, 0.717) is 10.6 Å². The maximum atomic E-state index is 13.4. The van der Waals surface area contributed by atoms with Crippen LogP contribution in [0.1, 0.15) is 30.6 Å².